The third kappa shape index (κ3) is 4.53. The van der Waals surface area contributed by atoms with Gasteiger partial charge in [-0.05, 0) is 97.9 Å². The van der Waals surface area contributed by atoms with Gasteiger partial charge in [-0.2, -0.15) is 0 Å². The second-order valence-electron chi connectivity index (χ2n) is 10.9. The van der Waals surface area contributed by atoms with Gasteiger partial charge in [0.1, 0.15) is 23.0 Å². The summed E-state index contributed by atoms with van der Waals surface area (Å²) in [5.74, 6) is -4.61. The van der Waals surface area contributed by atoms with Crippen molar-refractivity contribution in [2.45, 2.75) is 51.4 Å². The van der Waals surface area contributed by atoms with Crippen molar-refractivity contribution < 1.29 is 37.2 Å². The van der Waals surface area contributed by atoms with E-state index >= 15 is 0 Å². The van der Waals surface area contributed by atoms with Crippen molar-refractivity contribution in [1.29, 1.82) is 0 Å². The third-order valence-corrected chi connectivity index (χ3v) is 8.56. The van der Waals surface area contributed by atoms with Crippen LogP contribution >= 0.6 is 0 Å². The van der Waals surface area contributed by atoms with E-state index in [-0.39, 0.29) is 45.3 Å². The lowest BCUT2D eigenvalue weighted by molar-refractivity contribution is 0.407. The second kappa shape index (κ2) is 10.9. The highest BCUT2D eigenvalue weighted by molar-refractivity contribution is 5.95. The zero-order chi connectivity index (χ0) is 29.7. The van der Waals surface area contributed by atoms with Gasteiger partial charge in [0.05, 0.1) is 14.2 Å². The van der Waals surface area contributed by atoms with Crippen LogP contribution < -0.4 is 9.47 Å². The van der Waals surface area contributed by atoms with Gasteiger partial charge >= 0.3 is 0 Å². The molecule has 218 valence electrons. The number of halogens is 4. The van der Waals surface area contributed by atoms with E-state index in [1.165, 1.54) is 14.2 Å². The molecule has 0 fully saturated rings. The first-order chi connectivity index (χ1) is 20.2. The van der Waals surface area contributed by atoms with Gasteiger partial charge in [-0.3, -0.25) is 0 Å². The van der Waals surface area contributed by atoms with Crippen LogP contribution in [0.1, 0.15) is 47.9 Å². The van der Waals surface area contributed by atoms with Crippen LogP contribution in [0.3, 0.4) is 0 Å². The molecule has 4 aromatic rings. The molecule has 2 aliphatic rings. The van der Waals surface area contributed by atoms with Gasteiger partial charge in [0.25, 0.3) is 0 Å². The van der Waals surface area contributed by atoms with Gasteiger partial charge in [0.15, 0.2) is 23.3 Å². The number of hydrogen-bond donors (Lipinski definition) is 2. The number of phenols is 2. The molecule has 42 heavy (non-hydrogen) atoms. The van der Waals surface area contributed by atoms with Crippen LogP contribution in [0.25, 0.3) is 33.4 Å². The van der Waals surface area contributed by atoms with Crippen LogP contribution in [0.5, 0.6) is 23.0 Å². The molecule has 2 aliphatic carbocycles. The molecule has 0 unspecified atom stereocenters. The van der Waals surface area contributed by atoms with Crippen LogP contribution in [0, 0.1) is 23.3 Å². The van der Waals surface area contributed by atoms with Crippen molar-refractivity contribution in [3.63, 3.8) is 0 Å². The van der Waals surface area contributed by atoms with Crippen molar-refractivity contribution in [2.24, 2.45) is 0 Å². The monoisotopic (exact) mass is 578 g/mol. The predicted octanol–water partition coefficient (Wildman–Crippen LogP) is 8.43. The van der Waals surface area contributed by atoms with Crippen molar-refractivity contribution in [1.82, 2.24) is 0 Å². The number of fused-ring (bicyclic) bond motifs is 2. The number of aromatic hydroxyl groups is 2. The van der Waals surface area contributed by atoms with Crippen molar-refractivity contribution in [3.05, 3.63) is 81.9 Å². The highest BCUT2D eigenvalue weighted by atomic mass is 19.2. The largest absolute Gasteiger partial charge is 0.507 e. The predicted molar refractivity (Wildman–Crippen MR) is 152 cm³/mol. The Morgan fingerprint density at radius 3 is 1.24 bits per heavy atom. The van der Waals surface area contributed by atoms with E-state index in [0.717, 1.165) is 72.2 Å². The normalized spacial score (nSPS) is 14.3. The number of ether oxygens (including phenoxy) is 2. The Morgan fingerprint density at radius 2 is 0.857 bits per heavy atom. The lowest BCUT2D eigenvalue weighted by atomic mass is 9.77. The highest BCUT2D eigenvalue weighted by Crippen LogP contribution is 2.54. The van der Waals surface area contributed by atoms with E-state index in [2.05, 4.69) is 0 Å². The lowest BCUT2D eigenvalue weighted by Crippen LogP contribution is -2.10. The number of benzene rings is 4. The average molecular weight is 579 g/mol. The zero-order valence-electron chi connectivity index (χ0n) is 23.3. The van der Waals surface area contributed by atoms with Crippen LogP contribution in [0.4, 0.5) is 17.6 Å². The molecule has 2 N–H and O–H groups in total. The third-order valence-electron chi connectivity index (χ3n) is 8.56. The maximum absolute atomic E-state index is 14.5. The Labute approximate surface area is 241 Å². The Hall–Kier alpha value is -4.20. The summed E-state index contributed by atoms with van der Waals surface area (Å²) < 4.78 is 68.0. The summed E-state index contributed by atoms with van der Waals surface area (Å²) in [6, 6.07) is 7.46. The van der Waals surface area contributed by atoms with Crippen molar-refractivity contribution in [3.8, 4) is 56.4 Å². The van der Waals surface area contributed by atoms with E-state index in [9.17, 15) is 27.8 Å². The smallest absolute Gasteiger partial charge is 0.162 e. The topological polar surface area (TPSA) is 58.9 Å². The standard InChI is InChI=1S/C34H30F4O4/c1-41-29-15-27(37)25(35)13-21(29)23-11-17-7-3-5-9-19(17)31(33(23)39)32-20-10-6-4-8-18(20)12-24(34(32)40)22-14-26(36)28(38)16-30(22)42-2/h11-16,39-40H,3-10H2,1-2H3. The summed E-state index contributed by atoms with van der Waals surface area (Å²) in [6.45, 7) is 0. The molecule has 0 amide bonds. The minimum atomic E-state index is -1.09. The van der Waals surface area contributed by atoms with Crippen LogP contribution in [-0.2, 0) is 25.7 Å². The summed E-state index contributed by atoms with van der Waals surface area (Å²) in [5, 5.41) is 24.0. The van der Waals surface area contributed by atoms with E-state index in [4.69, 9.17) is 9.47 Å². The summed E-state index contributed by atoms with van der Waals surface area (Å²) in [5.41, 5.74) is 5.25. The van der Waals surface area contributed by atoms with Crippen molar-refractivity contribution >= 4 is 0 Å². The fourth-order valence-corrected chi connectivity index (χ4v) is 6.55. The number of phenolic OH excluding ortho intramolecular Hbond substituents is 2. The molecule has 4 aromatic carbocycles. The molecular weight excluding hydrogens is 548 g/mol. The molecule has 0 bridgehead atoms. The van der Waals surface area contributed by atoms with E-state index in [1.54, 1.807) is 12.1 Å². The number of hydrogen-bond acceptors (Lipinski definition) is 4. The molecule has 0 heterocycles. The summed E-state index contributed by atoms with van der Waals surface area (Å²) in [4.78, 5) is 0. The van der Waals surface area contributed by atoms with Gasteiger partial charge in [-0.15, -0.1) is 0 Å². The van der Waals surface area contributed by atoms with E-state index in [0.29, 0.717) is 36.8 Å². The molecule has 0 aliphatic heterocycles. The quantitative estimate of drug-likeness (QED) is 0.234. The zero-order valence-corrected chi connectivity index (χ0v) is 23.3. The van der Waals surface area contributed by atoms with Gasteiger partial charge < -0.3 is 19.7 Å². The van der Waals surface area contributed by atoms with Gasteiger partial charge in [-0.25, -0.2) is 17.6 Å². The molecule has 0 saturated carbocycles. The number of methoxy groups -OCH3 is 2. The van der Waals surface area contributed by atoms with E-state index in [1.807, 2.05) is 0 Å². The first-order valence-electron chi connectivity index (χ1n) is 14.1. The molecule has 0 aromatic heterocycles. The molecular formula is C34H30F4O4. The fraction of sp³-hybridized carbons (Fsp3) is 0.294. The molecule has 4 nitrogen and oxygen atoms in total. The molecule has 0 saturated heterocycles. The molecule has 0 spiro atoms. The summed E-state index contributed by atoms with van der Waals surface area (Å²) in [7, 11) is 2.68. The Kier molecular flexibility index (Phi) is 7.25. The van der Waals surface area contributed by atoms with Gasteiger partial charge in [0, 0.05) is 45.5 Å². The van der Waals surface area contributed by atoms with Crippen LogP contribution in [-0.4, -0.2) is 24.4 Å². The molecule has 8 heteroatoms. The van der Waals surface area contributed by atoms with Crippen molar-refractivity contribution in [2.75, 3.05) is 14.2 Å². The van der Waals surface area contributed by atoms with Gasteiger partial charge in [-0.1, -0.05) is 0 Å². The maximum Gasteiger partial charge on any atom is 0.162 e. The summed E-state index contributed by atoms with van der Waals surface area (Å²) >= 11 is 0. The molecule has 0 radical (unpaired) electrons. The fourth-order valence-electron chi connectivity index (χ4n) is 6.55. The number of rotatable bonds is 5. The second-order valence-corrected chi connectivity index (χ2v) is 10.9. The van der Waals surface area contributed by atoms with Crippen LogP contribution in [0.2, 0.25) is 0 Å². The minimum absolute atomic E-state index is 0.0532. The number of aryl methyl sites for hydroxylation is 2. The summed E-state index contributed by atoms with van der Waals surface area (Å²) in [6.07, 6.45) is 6.21. The first-order valence-corrected chi connectivity index (χ1v) is 14.1. The van der Waals surface area contributed by atoms with Gasteiger partial charge in [0.2, 0.25) is 0 Å². The van der Waals surface area contributed by atoms with Crippen LogP contribution in [0.15, 0.2) is 36.4 Å². The molecule has 6 rings (SSSR count). The lowest BCUT2D eigenvalue weighted by Gasteiger charge is -2.28. The Morgan fingerprint density at radius 1 is 0.500 bits per heavy atom. The van der Waals surface area contributed by atoms with E-state index < -0.39 is 23.3 Å². The minimum Gasteiger partial charge on any atom is -0.507 e. The average Bonchev–Trinajstić information content (AvgIpc) is 2.99. The Bertz CT molecular complexity index is 1600. The SMILES string of the molecule is COc1cc(F)c(F)cc1-c1cc2c(c(-c3c(O)c(-c4cc(F)c(F)cc4OC)cc4c3CCCC4)c1O)CCCC2. The first kappa shape index (κ1) is 27.9. The maximum atomic E-state index is 14.5. The Balaban J connectivity index is 1.71. The molecule has 0 atom stereocenters. The highest BCUT2D eigenvalue weighted by Gasteiger charge is 2.31.